The molecule has 1 saturated carbocycles. The van der Waals surface area contributed by atoms with Gasteiger partial charge in [-0.2, -0.15) is 0 Å². The van der Waals surface area contributed by atoms with Gasteiger partial charge in [0, 0.05) is 32.6 Å². The minimum Gasteiger partial charge on any atom is -0.337 e. The first-order valence-electron chi connectivity index (χ1n) is 11.5. The van der Waals surface area contributed by atoms with Crippen LogP contribution in [-0.4, -0.2) is 42.2 Å². The van der Waals surface area contributed by atoms with Gasteiger partial charge in [0.15, 0.2) is 5.65 Å². The lowest BCUT2D eigenvalue weighted by Crippen LogP contribution is -2.39. The van der Waals surface area contributed by atoms with Crippen LogP contribution in [0.5, 0.6) is 0 Å². The van der Waals surface area contributed by atoms with E-state index in [2.05, 4.69) is 17.1 Å². The number of aryl methyl sites for hydroxylation is 1. The van der Waals surface area contributed by atoms with E-state index in [0.717, 1.165) is 30.3 Å². The van der Waals surface area contributed by atoms with E-state index >= 15 is 0 Å². The number of thioether (sulfide) groups is 1. The molecule has 1 aliphatic heterocycles. The van der Waals surface area contributed by atoms with Crippen LogP contribution < -0.4 is 11.2 Å². The molecule has 2 aromatic heterocycles. The zero-order valence-electron chi connectivity index (χ0n) is 18.9. The molecule has 0 atom stereocenters. The lowest BCUT2D eigenvalue weighted by Gasteiger charge is -2.28. The molecule has 0 unspecified atom stereocenters. The molecule has 1 aromatic carbocycles. The Morgan fingerprint density at radius 3 is 2.64 bits per heavy atom. The summed E-state index contributed by atoms with van der Waals surface area (Å²) < 4.78 is 2.68. The molecule has 172 valence electrons. The average molecular weight is 466 g/mol. The van der Waals surface area contributed by atoms with E-state index in [4.69, 9.17) is 4.98 Å². The highest BCUT2D eigenvalue weighted by Crippen LogP contribution is 2.39. The van der Waals surface area contributed by atoms with Gasteiger partial charge < -0.3 is 4.90 Å². The van der Waals surface area contributed by atoms with Crippen LogP contribution in [0.15, 0.2) is 38.9 Å². The highest BCUT2D eigenvalue weighted by Gasteiger charge is 2.30. The predicted octanol–water partition coefficient (Wildman–Crippen LogP) is 2.45. The lowest BCUT2D eigenvalue weighted by atomic mass is 10.00. The van der Waals surface area contributed by atoms with Crippen molar-refractivity contribution in [3.05, 3.63) is 62.1 Å². The van der Waals surface area contributed by atoms with Crippen molar-refractivity contribution in [3.63, 3.8) is 0 Å². The van der Waals surface area contributed by atoms with Crippen molar-refractivity contribution in [2.75, 3.05) is 12.3 Å². The highest BCUT2D eigenvalue weighted by atomic mass is 32.2. The second-order valence-electron chi connectivity index (χ2n) is 8.78. The van der Waals surface area contributed by atoms with Crippen molar-refractivity contribution >= 4 is 28.7 Å². The first-order valence-corrected chi connectivity index (χ1v) is 12.4. The number of carbonyl (C=O) groups is 1. The van der Waals surface area contributed by atoms with Crippen molar-refractivity contribution in [1.29, 1.82) is 0 Å². The third-order valence-corrected chi connectivity index (χ3v) is 7.33. The summed E-state index contributed by atoms with van der Waals surface area (Å²) in [4.78, 5) is 50.1. The number of nitrogens with zero attached hydrogens (tertiary/aromatic N) is 5. The summed E-state index contributed by atoms with van der Waals surface area (Å²) in [6.45, 7) is 3.75. The van der Waals surface area contributed by atoms with E-state index < -0.39 is 5.56 Å². The molecule has 0 N–H and O–H groups in total. The molecular weight excluding hydrogens is 438 g/mol. The zero-order valence-corrected chi connectivity index (χ0v) is 19.7. The minimum absolute atomic E-state index is 0.0212. The van der Waals surface area contributed by atoms with Gasteiger partial charge in [0.1, 0.15) is 16.2 Å². The van der Waals surface area contributed by atoms with E-state index in [1.54, 1.807) is 4.57 Å². The predicted molar refractivity (Wildman–Crippen MR) is 128 cm³/mol. The second-order valence-corrected chi connectivity index (χ2v) is 9.74. The lowest BCUT2D eigenvalue weighted by molar-refractivity contribution is -0.129. The molecule has 33 heavy (non-hydrogen) atoms. The summed E-state index contributed by atoms with van der Waals surface area (Å²) >= 11 is 1.28. The molecule has 8 nitrogen and oxygen atoms in total. The standard InChI is InChI=1S/C24H27N5O3S/c1-3-11-29-21-19(23(31)27(2)24(29)32)22(26-20(25-21)16-8-9-16)33-14-18(30)28-12-10-15-6-4-5-7-17(15)13-28/h4-7,16H,3,8-14H2,1-2H3. The molecule has 1 aliphatic carbocycles. The fourth-order valence-electron chi connectivity index (χ4n) is 4.34. The molecule has 3 aromatic rings. The topological polar surface area (TPSA) is 90.1 Å². The van der Waals surface area contributed by atoms with Crippen LogP contribution in [0.4, 0.5) is 0 Å². The van der Waals surface area contributed by atoms with Crippen LogP contribution in [0.3, 0.4) is 0 Å². The van der Waals surface area contributed by atoms with E-state index in [1.165, 1.54) is 29.9 Å². The Morgan fingerprint density at radius 1 is 1.15 bits per heavy atom. The molecule has 5 rings (SSSR count). The fraction of sp³-hybridized carbons (Fsp3) is 0.458. The zero-order chi connectivity index (χ0) is 23.1. The summed E-state index contributed by atoms with van der Waals surface area (Å²) in [5.74, 6) is 1.14. The van der Waals surface area contributed by atoms with Gasteiger partial charge in [0.25, 0.3) is 5.56 Å². The molecule has 2 aliphatic rings. The number of aromatic nitrogens is 4. The summed E-state index contributed by atoms with van der Waals surface area (Å²) in [6, 6.07) is 8.21. The Morgan fingerprint density at radius 2 is 1.91 bits per heavy atom. The van der Waals surface area contributed by atoms with Gasteiger partial charge in [-0.05, 0) is 36.8 Å². The van der Waals surface area contributed by atoms with Crippen LogP contribution in [0.1, 0.15) is 49.1 Å². The summed E-state index contributed by atoms with van der Waals surface area (Å²) in [5.41, 5.74) is 2.09. The van der Waals surface area contributed by atoms with Gasteiger partial charge in [0.05, 0.1) is 5.75 Å². The van der Waals surface area contributed by atoms with E-state index in [1.807, 2.05) is 24.0 Å². The number of carbonyl (C=O) groups excluding carboxylic acids is 1. The van der Waals surface area contributed by atoms with Crippen LogP contribution >= 0.6 is 11.8 Å². The SMILES string of the molecule is CCCn1c(=O)n(C)c(=O)c2c(SCC(=O)N3CCc4ccccc4C3)nc(C3CC3)nc21. The van der Waals surface area contributed by atoms with Crippen molar-refractivity contribution in [2.45, 2.75) is 56.6 Å². The number of hydrogen-bond acceptors (Lipinski definition) is 6. The van der Waals surface area contributed by atoms with Gasteiger partial charge in [-0.1, -0.05) is 43.0 Å². The fourth-order valence-corrected chi connectivity index (χ4v) is 5.26. The minimum atomic E-state index is -0.411. The summed E-state index contributed by atoms with van der Waals surface area (Å²) in [7, 11) is 1.48. The molecule has 0 radical (unpaired) electrons. The molecule has 0 saturated heterocycles. The molecule has 0 spiro atoms. The number of hydrogen-bond donors (Lipinski definition) is 0. The first kappa shape index (κ1) is 21.9. The van der Waals surface area contributed by atoms with Gasteiger partial charge in [-0.15, -0.1) is 0 Å². The third kappa shape index (κ3) is 4.10. The highest BCUT2D eigenvalue weighted by molar-refractivity contribution is 8.00. The Labute approximate surface area is 195 Å². The number of benzene rings is 1. The average Bonchev–Trinajstić information content (AvgIpc) is 3.68. The maximum atomic E-state index is 13.1. The van der Waals surface area contributed by atoms with E-state index in [-0.39, 0.29) is 23.3 Å². The number of rotatable bonds is 6. The van der Waals surface area contributed by atoms with Crippen molar-refractivity contribution in [2.24, 2.45) is 7.05 Å². The van der Waals surface area contributed by atoms with Gasteiger partial charge in [0.2, 0.25) is 5.91 Å². The number of amides is 1. The van der Waals surface area contributed by atoms with Crippen molar-refractivity contribution in [1.82, 2.24) is 24.0 Å². The van der Waals surface area contributed by atoms with Crippen LogP contribution in [0, 0.1) is 0 Å². The number of fused-ring (bicyclic) bond motifs is 2. The molecule has 1 amide bonds. The summed E-state index contributed by atoms with van der Waals surface area (Å²) in [5, 5.41) is 0.829. The van der Waals surface area contributed by atoms with Crippen molar-refractivity contribution in [3.8, 4) is 0 Å². The maximum absolute atomic E-state index is 13.1. The van der Waals surface area contributed by atoms with Gasteiger partial charge in [-0.3, -0.25) is 18.7 Å². The molecule has 9 heteroatoms. The maximum Gasteiger partial charge on any atom is 0.332 e. The quantitative estimate of drug-likeness (QED) is 0.410. The van der Waals surface area contributed by atoms with Crippen LogP contribution in [-0.2, 0) is 31.4 Å². The van der Waals surface area contributed by atoms with E-state index in [9.17, 15) is 14.4 Å². The van der Waals surface area contributed by atoms with Crippen LogP contribution in [0.25, 0.3) is 11.0 Å². The normalized spacial score (nSPS) is 15.6. The van der Waals surface area contributed by atoms with Crippen molar-refractivity contribution < 1.29 is 4.79 Å². The largest absolute Gasteiger partial charge is 0.337 e. The first-order chi connectivity index (χ1) is 16.0. The van der Waals surface area contributed by atoms with Crippen LogP contribution in [0.2, 0.25) is 0 Å². The summed E-state index contributed by atoms with van der Waals surface area (Å²) in [6.07, 6.45) is 3.60. The Bertz CT molecular complexity index is 1360. The third-order valence-electron chi connectivity index (χ3n) is 6.37. The Kier molecular flexibility index (Phi) is 5.82. The molecular formula is C24H27N5O3S. The molecule has 0 bridgehead atoms. The Balaban J connectivity index is 1.48. The Hall–Kier alpha value is -2.94. The molecule has 3 heterocycles. The van der Waals surface area contributed by atoms with E-state index in [0.29, 0.717) is 41.5 Å². The van der Waals surface area contributed by atoms with Gasteiger partial charge in [-0.25, -0.2) is 14.8 Å². The van der Waals surface area contributed by atoms with Gasteiger partial charge >= 0.3 is 5.69 Å². The molecule has 1 fully saturated rings. The second kappa shape index (κ2) is 8.78. The monoisotopic (exact) mass is 465 g/mol. The smallest absolute Gasteiger partial charge is 0.332 e.